The summed E-state index contributed by atoms with van der Waals surface area (Å²) in [5.74, 6) is 0.645. The van der Waals surface area contributed by atoms with Crippen molar-refractivity contribution in [3.05, 3.63) is 30.1 Å². The van der Waals surface area contributed by atoms with Crippen LogP contribution in [0, 0.1) is 5.92 Å². The molecule has 2 N–H and O–H groups in total. The minimum absolute atomic E-state index is 0.264. The minimum atomic E-state index is 0.264. The third kappa shape index (κ3) is 2.42. The van der Waals surface area contributed by atoms with Crippen LogP contribution in [0.4, 0.5) is 0 Å². The van der Waals surface area contributed by atoms with Crippen LogP contribution in [0.3, 0.4) is 0 Å². The van der Waals surface area contributed by atoms with Crippen LogP contribution < -0.4 is 5.73 Å². The van der Waals surface area contributed by atoms with Gasteiger partial charge in [0.1, 0.15) is 0 Å². The Hall–Kier alpha value is -0.930. The van der Waals surface area contributed by atoms with E-state index in [1.165, 1.54) is 12.0 Å². The fourth-order valence-corrected chi connectivity index (χ4v) is 2.61. The Morgan fingerprint density at radius 1 is 1.56 bits per heavy atom. The third-order valence-corrected chi connectivity index (χ3v) is 3.55. The van der Waals surface area contributed by atoms with Crippen molar-refractivity contribution in [3.8, 4) is 0 Å². The first-order valence-electron chi connectivity index (χ1n) is 5.96. The highest BCUT2D eigenvalue weighted by Crippen LogP contribution is 2.33. The van der Waals surface area contributed by atoms with Crippen LogP contribution in [-0.4, -0.2) is 28.5 Å². The fourth-order valence-electron chi connectivity index (χ4n) is 2.61. The molecule has 0 amide bonds. The zero-order valence-corrected chi connectivity index (χ0v) is 10.2. The average Bonchev–Trinajstić information content (AvgIpc) is 2.55. The highest BCUT2D eigenvalue weighted by atomic mass is 15.2. The average molecular weight is 219 g/mol. The van der Waals surface area contributed by atoms with E-state index >= 15 is 0 Å². The molecule has 1 unspecified atom stereocenters. The number of pyridine rings is 1. The van der Waals surface area contributed by atoms with Gasteiger partial charge in [-0.3, -0.25) is 9.88 Å². The standard InChI is InChI=1S/C13H21N3/c1-13(2)6-12(7-14)10-16(13)9-11-4-3-5-15-8-11/h3-5,8,12H,6-7,9-10,14H2,1-2H3. The zero-order valence-electron chi connectivity index (χ0n) is 10.2. The van der Waals surface area contributed by atoms with E-state index in [0.717, 1.165) is 19.6 Å². The summed E-state index contributed by atoms with van der Waals surface area (Å²) in [4.78, 5) is 6.68. The van der Waals surface area contributed by atoms with Gasteiger partial charge in [0.15, 0.2) is 0 Å². The molecule has 1 fully saturated rings. The molecule has 1 atom stereocenters. The van der Waals surface area contributed by atoms with Gasteiger partial charge in [0.05, 0.1) is 0 Å². The van der Waals surface area contributed by atoms with Crippen LogP contribution in [0.2, 0.25) is 0 Å². The second-order valence-corrected chi connectivity index (χ2v) is 5.36. The molecule has 0 bridgehead atoms. The van der Waals surface area contributed by atoms with Crippen molar-refractivity contribution in [1.29, 1.82) is 0 Å². The van der Waals surface area contributed by atoms with Crippen molar-refractivity contribution in [2.24, 2.45) is 11.7 Å². The molecule has 0 aromatic carbocycles. The number of rotatable bonds is 3. The summed E-state index contributed by atoms with van der Waals surface area (Å²) in [5, 5.41) is 0. The summed E-state index contributed by atoms with van der Waals surface area (Å²) in [6.07, 6.45) is 4.97. The molecule has 0 saturated carbocycles. The lowest BCUT2D eigenvalue weighted by Crippen LogP contribution is -2.37. The Kier molecular flexibility index (Phi) is 3.26. The van der Waals surface area contributed by atoms with Gasteiger partial charge in [-0.15, -0.1) is 0 Å². The Morgan fingerprint density at radius 3 is 2.94 bits per heavy atom. The summed E-state index contributed by atoms with van der Waals surface area (Å²) in [5.41, 5.74) is 7.32. The first kappa shape index (κ1) is 11.6. The van der Waals surface area contributed by atoms with Gasteiger partial charge in [-0.2, -0.15) is 0 Å². The van der Waals surface area contributed by atoms with Crippen molar-refractivity contribution < 1.29 is 0 Å². The van der Waals surface area contributed by atoms with Gasteiger partial charge in [0.25, 0.3) is 0 Å². The number of aromatic nitrogens is 1. The van der Waals surface area contributed by atoms with Gasteiger partial charge in [-0.1, -0.05) is 6.07 Å². The molecule has 2 rings (SSSR count). The van der Waals surface area contributed by atoms with Gasteiger partial charge < -0.3 is 5.73 Å². The monoisotopic (exact) mass is 219 g/mol. The smallest absolute Gasteiger partial charge is 0.0312 e. The van der Waals surface area contributed by atoms with E-state index in [4.69, 9.17) is 5.73 Å². The number of hydrogen-bond donors (Lipinski definition) is 1. The van der Waals surface area contributed by atoms with Crippen LogP contribution in [0.15, 0.2) is 24.5 Å². The largest absolute Gasteiger partial charge is 0.330 e. The predicted octanol–water partition coefficient (Wildman–Crippen LogP) is 1.64. The van der Waals surface area contributed by atoms with E-state index in [-0.39, 0.29) is 5.54 Å². The molecular weight excluding hydrogens is 198 g/mol. The van der Waals surface area contributed by atoms with Crippen LogP contribution in [0.25, 0.3) is 0 Å². The number of nitrogens with two attached hydrogens (primary N) is 1. The SMILES string of the molecule is CC1(C)CC(CN)CN1Cc1cccnc1. The number of nitrogens with zero attached hydrogens (tertiary/aromatic N) is 2. The Balaban J connectivity index is 2.05. The second-order valence-electron chi connectivity index (χ2n) is 5.36. The van der Waals surface area contributed by atoms with Crippen molar-refractivity contribution >= 4 is 0 Å². The Bertz CT molecular complexity index is 334. The lowest BCUT2D eigenvalue weighted by Gasteiger charge is -2.31. The molecule has 16 heavy (non-hydrogen) atoms. The van der Waals surface area contributed by atoms with Crippen LogP contribution >= 0.6 is 0 Å². The molecule has 1 aliphatic heterocycles. The number of hydrogen-bond acceptors (Lipinski definition) is 3. The summed E-state index contributed by atoms with van der Waals surface area (Å²) in [7, 11) is 0. The number of likely N-dealkylation sites (tertiary alicyclic amines) is 1. The molecule has 0 aliphatic carbocycles. The maximum Gasteiger partial charge on any atom is 0.0312 e. The topological polar surface area (TPSA) is 42.1 Å². The summed E-state index contributed by atoms with van der Waals surface area (Å²) in [6, 6.07) is 4.14. The maximum atomic E-state index is 5.77. The molecule has 0 radical (unpaired) electrons. The summed E-state index contributed by atoms with van der Waals surface area (Å²) >= 11 is 0. The quantitative estimate of drug-likeness (QED) is 0.840. The van der Waals surface area contributed by atoms with Crippen molar-refractivity contribution in [2.75, 3.05) is 13.1 Å². The van der Waals surface area contributed by atoms with Crippen molar-refractivity contribution in [2.45, 2.75) is 32.4 Å². The maximum absolute atomic E-state index is 5.77. The fraction of sp³-hybridized carbons (Fsp3) is 0.615. The normalized spacial score (nSPS) is 24.8. The van der Waals surface area contributed by atoms with Crippen molar-refractivity contribution in [1.82, 2.24) is 9.88 Å². The van der Waals surface area contributed by atoms with Crippen LogP contribution in [0.1, 0.15) is 25.8 Å². The van der Waals surface area contributed by atoms with E-state index in [1.807, 2.05) is 18.5 Å². The van der Waals surface area contributed by atoms with Crippen LogP contribution in [-0.2, 0) is 6.54 Å². The predicted molar refractivity (Wildman–Crippen MR) is 65.9 cm³/mol. The molecule has 3 nitrogen and oxygen atoms in total. The van der Waals surface area contributed by atoms with Gasteiger partial charge in [-0.05, 0) is 44.4 Å². The highest BCUT2D eigenvalue weighted by Gasteiger charge is 2.37. The van der Waals surface area contributed by atoms with E-state index in [0.29, 0.717) is 5.92 Å². The summed E-state index contributed by atoms with van der Waals surface area (Å²) in [6.45, 7) is 7.50. The lowest BCUT2D eigenvalue weighted by atomic mass is 9.96. The van der Waals surface area contributed by atoms with Crippen LogP contribution in [0.5, 0.6) is 0 Å². The van der Waals surface area contributed by atoms with E-state index in [2.05, 4.69) is 29.8 Å². The van der Waals surface area contributed by atoms with Gasteiger partial charge in [0, 0.05) is 31.0 Å². The Labute approximate surface area is 97.7 Å². The third-order valence-electron chi connectivity index (χ3n) is 3.55. The van der Waals surface area contributed by atoms with Gasteiger partial charge in [-0.25, -0.2) is 0 Å². The molecule has 0 spiro atoms. The molecular formula is C13H21N3. The van der Waals surface area contributed by atoms with Crippen molar-refractivity contribution in [3.63, 3.8) is 0 Å². The molecule has 88 valence electrons. The minimum Gasteiger partial charge on any atom is -0.330 e. The first-order valence-corrected chi connectivity index (χ1v) is 5.96. The Morgan fingerprint density at radius 2 is 2.38 bits per heavy atom. The van der Waals surface area contributed by atoms with Gasteiger partial charge in [0.2, 0.25) is 0 Å². The van der Waals surface area contributed by atoms with Gasteiger partial charge >= 0.3 is 0 Å². The molecule has 1 aliphatic rings. The van der Waals surface area contributed by atoms with E-state index in [1.54, 1.807) is 0 Å². The zero-order chi connectivity index (χ0) is 11.6. The molecule has 1 saturated heterocycles. The van der Waals surface area contributed by atoms with E-state index < -0.39 is 0 Å². The van der Waals surface area contributed by atoms with E-state index in [9.17, 15) is 0 Å². The first-order chi connectivity index (χ1) is 7.62. The second kappa shape index (κ2) is 4.52. The molecule has 2 heterocycles. The highest BCUT2D eigenvalue weighted by molar-refractivity contribution is 5.10. The molecule has 1 aromatic heterocycles. The molecule has 1 aromatic rings. The summed E-state index contributed by atoms with van der Waals surface area (Å²) < 4.78 is 0. The molecule has 3 heteroatoms. The lowest BCUT2D eigenvalue weighted by molar-refractivity contribution is 0.166.